The lowest BCUT2D eigenvalue weighted by Gasteiger charge is -2.18. The summed E-state index contributed by atoms with van der Waals surface area (Å²) in [5, 5.41) is 0. The summed E-state index contributed by atoms with van der Waals surface area (Å²) in [7, 11) is 0. The minimum absolute atomic E-state index is 0.102. The van der Waals surface area contributed by atoms with Gasteiger partial charge in [-0.2, -0.15) is 0 Å². The maximum atomic E-state index is 5.79. The second-order valence-corrected chi connectivity index (χ2v) is 9.41. The normalized spacial score (nSPS) is 11.3. The van der Waals surface area contributed by atoms with Crippen molar-refractivity contribution >= 4 is 0 Å². The van der Waals surface area contributed by atoms with E-state index in [-0.39, 0.29) is 12.2 Å². The van der Waals surface area contributed by atoms with Crippen molar-refractivity contribution in [3.8, 4) is 0 Å². The topological polar surface area (TPSA) is 55.4 Å². The second-order valence-electron chi connectivity index (χ2n) is 9.41. The molecule has 0 amide bonds. The molecule has 0 radical (unpaired) electrons. The molecule has 0 atom stereocenters. The minimum Gasteiger partial charge on any atom is -0.379 e. The second kappa shape index (κ2) is 34.8. The summed E-state index contributed by atoms with van der Waals surface area (Å²) in [6.07, 6.45) is 14.0. The molecule has 36 heavy (non-hydrogen) atoms. The number of unbranched alkanes of at least 4 members (excludes halogenated alkanes) is 6. The van der Waals surface area contributed by atoms with E-state index >= 15 is 0 Å². The van der Waals surface area contributed by atoms with E-state index in [9.17, 15) is 0 Å². The molecule has 0 aromatic heterocycles. The van der Waals surface area contributed by atoms with Crippen LogP contribution in [0.15, 0.2) is 0 Å². The van der Waals surface area contributed by atoms with Crippen molar-refractivity contribution in [2.45, 2.75) is 131 Å². The van der Waals surface area contributed by atoms with Crippen molar-refractivity contribution in [2.75, 3.05) is 66.1 Å². The first-order valence-corrected chi connectivity index (χ1v) is 15.2. The Hall–Kier alpha value is -0.240. The summed E-state index contributed by atoms with van der Waals surface area (Å²) in [5.41, 5.74) is 0. The largest absolute Gasteiger partial charge is 0.379 e. The van der Waals surface area contributed by atoms with Gasteiger partial charge in [0.15, 0.2) is 0 Å². The van der Waals surface area contributed by atoms with Gasteiger partial charge in [0.25, 0.3) is 0 Å². The Bertz CT molecular complexity index is 311. The average molecular weight is 521 g/mol. The van der Waals surface area contributed by atoms with E-state index < -0.39 is 0 Å². The predicted octanol–water partition coefficient (Wildman–Crippen LogP) is 7.61. The third kappa shape index (κ3) is 31.8. The van der Waals surface area contributed by atoms with Crippen molar-refractivity contribution < 1.29 is 28.4 Å². The molecule has 220 valence electrons. The molecule has 0 rings (SSSR count). The molecular weight excluding hydrogens is 456 g/mol. The van der Waals surface area contributed by atoms with E-state index in [2.05, 4.69) is 41.5 Å². The lowest BCUT2D eigenvalue weighted by Crippen LogP contribution is -2.26. The third-order valence-corrected chi connectivity index (χ3v) is 5.49. The number of rotatable bonds is 28. The fraction of sp³-hybridized carbons (Fsp3) is 1.00. The van der Waals surface area contributed by atoms with Crippen LogP contribution in [0.2, 0.25) is 0 Å². The van der Waals surface area contributed by atoms with Crippen molar-refractivity contribution in [3.63, 3.8) is 0 Å². The van der Waals surface area contributed by atoms with Crippen molar-refractivity contribution in [2.24, 2.45) is 0 Å². The summed E-state index contributed by atoms with van der Waals surface area (Å²) in [6.45, 7) is 20.7. The first kappa shape index (κ1) is 37.9. The van der Waals surface area contributed by atoms with Crippen LogP contribution in [0.5, 0.6) is 0 Å². The highest BCUT2D eigenvalue weighted by atomic mass is 16.6. The van der Waals surface area contributed by atoms with Gasteiger partial charge >= 0.3 is 0 Å². The zero-order valence-electron chi connectivity index (χ0n) is 25.2. The molecule has 0 aromatic rings. The molecule has 0 fully saturated rings. The van der Waals surface area contributed by atoms with Crippen molar-refractivity contribution in [3.05, 3.63) is 0 Å². The number of hydrogen-bond donors (Lipinski definition) is 0. The van der Waals surface area contributed by atoms with Gasteiger partial charge in [-0.15, -0.1) is 0 Å². The molecule has 0 aliphatic rings. The Morgan fingerprint density at radius 1 is 0.333 bits per heavy atom. The highest BCUT2D eigenvalue weighted by molar-refractivity contribution is 4.57. The monoisotopic (exact) mass is 520 g/mol. The van der Waals surface area contributed by atoms with Crippen LogP contribution in [-0.2, 0) is 28.4 Å². The zero-order chi connectivity index (χ0) is 27.0. The number of ether oxygens (including phenoxy) is 6. The highest BCUT2D eigenvalue weighted by Gasteiger charge is 2.10. The molecule has 0 aliphatic heterocycles. The molecule has 6 nitrogen and oxygen atoms in total. The predicted molar refractivity (Wildman–Crippen MR) is 152 cm³/mol. The van der Waals surface area contributed by atoms with Gasteiger partial charge in [0.05, 0.1) is 26.4 Å². The van der Waals surface area contributed by atoms with E-state index in [4.69, 9.17) is 28.4 Å². The maximum absolute atomic E-state index is 5.79. The van der Waals surface area contributed by atoms with Gasteiger partial charge in [0.2, 0.25) is 0 Å². The lowest BCUT2D eigenvalue weighted by atomic mass is 10.3. The standard InChI is InChI=1S/2C15H32O3/c2*1-4-7-10-16-13-15(18-12-9-6-3)14-17-11-8-5-2/h2*15H,4-14H2,1-3H3. The molecule has 0 heterocycles. The zero-order valence-corrected chi connectivity index (χ0v) is 25.2. The molecule has 0 saturated heterocycles. The Balaban J connectivity index is 0. The van der Waals surface area contributed by atoms with Gasteiger partial charge in [0.1, 0.15) is 12.2 Å². The van der Waals surface area contributed by atoms with Crippen LogP contribution in [0.1, 0.15) is 119 Å². The van der Waals surface area contributed by atoms with E-state index in [1.807, 2.05) is 0 Å². The van der Waals surface area contributed by atoms with E-state index in [0.29, 0.717) is 26.4 Å². The van der Waals surface area contributed by atoms with Gasteiger partial charge in [-0.05, 0) is 38.5 Å². The summed E-state index contributed by atoms with van der Waals surface area (Å²) in [5.74, 6) is 0. The molecule has 0 aliphatic carbocycles. The molecule has 0 aromatic carbocycles. The minimum atomic E-state index is 0.102. The van der Waals surface area contributed by atoms with Crippen LogP contribution in [0, 0.1) is 0 Å². The Morgan fingerprint density at radius 3 is 0.778 bits per heavy atom. The van der Waals surface area contributed by atoms with Crippen molar-refractivity contribution in [1.29, 1.82) is 0 Å². The molecular formula is C30H64O6. The first-order valence-electron chi connectivity index (χ1n) is 15.2. The lowest BCUT2D eigenvalue weighted by molar-refractivity contribution is -0.0611. The SMILES string of the molecule is CCCCOCC(COCCCC)OCCCC.CCCCOCC(COCCCC)OCCCC. The Kier molecular flexibility index (Phi) is 36.6. The Labute approximate surface area is 225 Å². The molecule has 0 spiro atoms. The summed E-state index contributed by atoms with van der Waals surface area (Å²) in [6, 6.07) is 0. The van der Waals surface area contributed by atoms with E-state index in [1.54, 1.807) is 0 Å². The van der Waals surface area contributed by atoms with Crippen LogP contribution < -0.4 is 0 Å². The quantitative estimate of drug-likeness (QED) is 0.0990. The Morgan fingerprint density at radius 2 is 0.556 bits per heavy atom. The average Bonchev–Trinajstić information content (AvgIpc) is 2.89. The van der Waals surface area contributed by atoms with Gasteiger partial charge in [0, 0.05) is 39.6 Å². The fourth-order valence-electron chi connectivity index (χ4n) is 2.92. The molecule has 6 heteroatoms. The molecule has 0 N–H and O–H groups in total. The van der Waals surface area contributed by atoms with Crippen LogP contribution in [-0.4, -0.2) is 78.3 Å². The third-order valence-electron chi connectivity index (χ3n) is 5.49. The number of hydrogen-bond acceptors (Lipinski definition) is 6. The first-order chi connectivity index (χ1) is 17.7. The molecule has 0 bridgehead atoms. The van der Waals surface area contributed by atoms with Gasteiger partial charge in [-0.1, -0.05) is 80.1 Å². The fourth-order valence-corrected chi connectivity index (χ4v) is 2.92. The van der Waals surface area contributed by atoms with Gasteiger partial charge < -0.3 is 28.4 Å². The van der Waals surface area contributed by atoms with Crippen molar-refractivity contribution in [1.82, 2.24) is 0 Å². The van der Waals surface area contributed by atoms with E-state index in [1.165, 1.54) is 38.5 Å². The van der Waals surface area contributed by atoms with Gasteiger partial charge in [-0.3, -0.25) is 0 Å². The van der Waals surface area contributed by atoms with Crippen LogP contribution in [0.25, 0.3) is 0 Å². The highest BCUT2D eigenvalue weighted by Crippen LogP contribution is 2.02. The molecule has 0 saturated carbocycles. The summed E-state index contributed by atoms with van der Waals surface area (Å²) in [4.78, 5) is 0. The maximum Gasteiger partial charge on any atom is 0.104 e. The van der Waals surface area contributed by atoms with Crippen LogP contribution in [0.3, 0.4) is 0 Å². The summed E-state index contributed by atoms with van der Waals surface area (Å²) < 4.78 is 34.1. The smallest absolute Gasteiger partial charge is 0.104 e. The molecule has 0 unspecified atom stereocenters. The van der Waals surface area contributed by atoms with Crippen LogP contribution in [0.4, 0.5) is 0 Å². The van der Waals surface area contributed by atoms with E-state index in [0.717, 1.165) is 78.2 Å². The van der Waals surface area contributed by atoms with Crippen LogP contribution >= 0.6 is 0 Å². The summed E-state index contributed by atoms with van der Waals surface area (Å²) >= 11 is 0. The van der Waals surface area contributed by atoms with Gasteiger partial charge in [-0.25, -0.2) is 0 Å².